The van der Waals surface area contributed by atoms with E-state index in [1.54, 1.807) is 24.3 Å². The number of hydrazine groups is 1. The fourth-order valence-corrected chi connectivity index (χ4v) is 2.17. The highest BCUT2D eigenvalue weighted by Gasteiger charge is 2.19. The summed E-state index contributed by atoms with van der Waals surface area (Å²) in [5.74, 6) is 5.59. The van der Waals surface area contributed by atoms with Crippen molar-refractivity contribution in [2.45, 2.75) is 6.04 Å². The van der Waals surface area contributed by atoms with Crippen LogP contribution < -0.4 is 16.0 Å². The number of nitrogens with two attached hydrogens (primary N) is 1. The van der Waals surface area contributed by atoms with Crippen molar-refractivity contribution in [3.63, 3.8) is 0 Å². The van der Waals surface area contributed by atoms with Gasteiger partial charge in [0.25, 0.3) is 0 Å². The zero-order chi connectivity index (χ0) is 13.8. The third-order valence-electron chi connectivity index (χ3n) is 2.90. The molecule has 0 aliphatic rings. The van der Waals surface area contributed by atoms with E-state index in [4.69, 9.17) is 22.2 Å². The molecule has 3 N–H and O–H groups in total. The second kappa shape index (κ2) is 6.02. The fourth-order valence-electron chi connectivity index (χ4n) is 1.93. The van der Waals surface area contributed by atoms with E-state index in [0.29, 0.717) is 16.3 Å². The lowest BCUT2D eigenvalue weighted by Crippen LogP contribution is -2.29. The van der Waals surface area contributed by atoms with Crippen molar-refractivity contribution in [1.82, 2.24) is 5.43 Å². The van der Waals surface area contributed by atoms with Crippen molar-refractivity contribution in [3.05, 3.63) is 64.4 Å². The molecule has 0 aromatic heterocycles. The normalized spacial score (nSPS) is 12.2. The minimum Gasteiger partial charge on any atom is -0.497 e. The van der Waals surface area contributed by atoms with E-state index in [2.05, 4.69) is 5.43 Å². The topological polar surface area (TPSA) is 47.3 Å². The van der Waals surface area contributed by atoms with Crippen molar-refractivity contribution in [3.8, 4) is 5.75 Å². The largest absolute Gasteiger partial charge is 0.497 e. The number of ether oxygens (including phenoxy) is 1. The first kappa shape index (κ1) is 13.8. The molecule has 0 fully saturated rings. The molecule has 0 saturated carbocycles. The highest BCUT2D eigenvalue weighted by atomic mass is 35.5. The summed E-state index contributed by atoms with van der Waals surface area (Å²) in [4.78, 5) is 0. The Morgan fingerprint density at radius 1 is 1.21 bits per heavy atom. The van der Waals surface area contributed by atoms with E-state index in [1.807, 2.05) is 12.1 Å². The molecule has 1 unspecified atom stereocenters. The number of halogens is 2. The molecule has 0 amide bonds. The average Bonchev–Trinajstić information content (AvgIpc) is 2.43. The van der Waals surface area contributed by atoms with E-state index in [-0.39, 0.29) is 0 Å². The molecule has 2 aromatic rings. The van der Waals surface area contributed by atoms with Gasteiger partial charge in [0.1, 0.15) is 11.6 Å². The minimum absolute atomic E-state index is 0.401. The lowest BCUT2D eigenvalue weighted by atomic mass is 9.98. The summed E-state index contributed by atoms with van der Waals surface area (Å²) in [7, 11) is 1.49. The maximum Gasteiger partial charge on any atom is 0.132 e. The zero-order valence-corrected chi connectivity index (χ0v) is 11.1. The highest BCUT2D eigenvalue weighted by molar-refractivity contribution is 6.31. The Labute approximate surface area is 116 Å². The molecular formula is C14H14ClFN2O. The van der Waals surface area contributed by atoms with Crippen LogP contribution in [0, 0.1) is 5.82 Å². The van der Waals surface area contributed by atoms with Gasteiger partial charge in [0.15, 0.2) is 0 Å². The summed E-state index contributed by atoms with van der Waals surface area (Å²) in [6, 6.07) is 11.3. The monoisotopic (exact) mass is 280 g/mol. The molecule has 5 heteroatoms. The molecule has 100 valence electrons. The number of benzene rings is 2. The van der Waals surface area contributed by atoms with E-state index >= 15 is 0 Å². The number of hydrogen-bond donors (Lipinski definition) is 2. The summed E-state index contributed by atoms with van der Waals surface area (Å²) in [6.45, 7) is 0. The van der Waals surface area contributed by atoms with Crippen molar-refractivity contribution in [2.24, 2.45) is 5.84 Å². The number of methoxy groups -OCH3 is 1. The van der Waals surface area contributed by atoms with Crippen LogP contribution >= 0.6 is 11.6 Å². The second-order valence-corrected chi connectivity index (χ2v) is 4.42. The summed E-state index contributed by atoms with van der Waals surface area (Å²) in [5, 5.41) is 0.528. The molecule has 1 atom stereocenters. The molecule has 3 nitrogen and oxygen atoms in total. The Balaban J connectivity index is 2.46. The van der Waals surface area contributed by atoms with E-state index in [1.165, 1.54) is 13.2 Å². The van der Waals surface area contributed by atoms with Gasteiger partial charge < -0.3 is 4.74 Å². The van der Waals surface area contributed by atoms with Gasteiger partial charge in [-0.25, -0.2) is 9.82 Å². The van der Waals surface area contributed by atoms with Crippen molar-refractivity contribution < 1.29 is 9.13 Å². The first-order valence-corrected chi connectivity index (χ1v) is 6.09. The summed E-state index contributed by atoms with van der Waals surface area (Å²) in [5.41, 5.74) is 3.72. The predicted octanol–water partition coefficient (Wildman–Crippen LogP) is 3.04. The Kier molecular flexibility index (Phi) is 4.37. The van der Waals surface area contributed by atoms with Crippen molar-refractivity contribution in [1.29, 1.82) is 0 Å². The molecule has 2 rings (SSSR count). The van der Waals surface area contributed by atoms with Crippen LogP contribution in [0.4, 0.5) is 4.39 Å². The molecule has 0 heterocycles. The van der Waals surface area contributed by atoms with Gasteiger partial charge in [-0.05, 0) is 17.7 Å². The van der Waals surface area contributed by atoms with Gasteiger partial charge in [-0.3, -0.25) is 5.84 Å². The SMILES string of the molecule is COc1ccc(C(NN)c2ccccc2Cl)c(F)c1. The zero-order valence-electron chi connectivity index (χ0n) is 10.4. The predicted molar refractivity (Wildman–Crippen MR) is 73.6 cm³/mol. The molecule has 0 radical (unpaired) electrons. The molecule has 0 saturated heterocycles. The number of nitrogens with one attached hydrogen (secondary N) is 1. The molecule has 0 aliphatic carbocycles. The maximum atomic E-state index is 14.1. The first-order chi connectivity index (χ1) is 9.17. The molecule has 0 aliphatic heterocycles. The molecule has 2 aromatic carbocycles. The van der Waals surface area contributed by atoms with Crippen LogP contribution in [-0.4, -0.2) is 7.11 Å². The first-order valence-electron chi connectivity index (χ1n) is 5.71. The maximum absolute atomic E-state index is 14.1. The van der Waals surface area contributed by atoms with Gasteiger partial charge in [-0.1, -0.05) is 35.9 Å². The van der Waals surface area contributed by atoms with E-state index < -0.39 is 11.9 Å². The second-order valence-electron chi connectivity index (χ2n) is 4.01. The van der Waals surface area contributed by atoms with Crippen LogP contribution in [0.5, 0.6) is 5.75 Å². The third-order valence-corrected chi connectivity index (χ3v) is 3.25. The van der Waals surface area contributed by atoms with Crippen molar-refractivity contribution in [2.75, 3.05) is 7.11 Å². The molecular weight excluding hydrogens is 267 g/mol. The van der Waals surface area contributed by atoms with Crippen LogP contribution in [0.3, 0.4) is 0 Å². The van der Waals surface area contributed by atoms with E-state index in [9.17, 15) is 4.39 Å². The highest BCUT2D eigenvalue weighted by Crippen LogP contribution is 2.30. The number of hydrogen-bond acceptors (Lipinski definition) is 3. The Morgan fingerprint density at radius 3 is 2.53 bits per heavy atom. The Hall–Kier alpha value is -1.62. The molecule has 0 bridgehead atoms. The molecule has 19 heavy (non-hydrogen) atoms. The van der Waals surface area contributed by atoms with Gasteiger partial charge in [0, 0.05) is 16.7 Å². The third kappa shape index (κ3) is 2.87. The van der Waals surface area contributed by atoms with Gasteiger partial charge in [-0.15, -0.1) is 0 Å². The van der Waals surface area contributed by atoms with Gasteiger partial charge in [-0.2, -0.15) is 0 Å². The standard InChI is InChI=1S/C14H14ClFN2O/c1-19-9-6-7-11(13(16)8-9)14(18-17)10-4-2-3-5-12(10)15/h2-8,14,18H,17H2,1H3. The fraction of sp³-hybridized carbons (Fsp3) is 0.143. The summed E-state index contributed by atoms with van der Waals surface area (Å²) in [6.07, 6.45) is 0. The van der Waals surface area contributed by atoms with Crippen molar-refractivity contribution >= 4 is 11.6 Å². The average molecular weight is 281 g/mol. The smallest absolute Gasteiger partial charge is 0.132 e. The van der Waals surface area contributed by atoms with Gasteiger partial charge >= 0.3 is 0 Å². The lowest BCUT2D eigenvalue weighted by molar-refractivity contribution is 0.410. The quantitative estimate of drug-likeness (QED) is 0.668. The van der Waals surface area contributed by atoms with Gasteiger partial charge in [0.05, 0.1) is 13.2 Å². The van der Waals surface area contributed by atoms with Crippen LogP contribution in [0.25, 0.3) is 0 Å². The summed E-state index contributed by atoms with van der Waals surface area (Å²) >= 11 is 6.12. The van der Waals surface area contributed by atoms with Crippen LogP contribution in [0.1, 0.15) is 17.2 Å². The Morgan fingerprint density at radius 2 is 1.95 bits per heavy atom. The Bertz CT molecular complexity index is 577. The number of rotatable bonds is 4. The van der Waals surface area contributed by atoms with Crippen LogP contribution in [0.15, 0.2) is 42.5 Å². The van der Waals surface area contributed by atoms with E-state index in [0.717, 1.165) is 5.56 Å². The van der Waals surface area contributed by atoms with Gasteiger partial charge in [0.2, 0.25) is 0 Å². The molecule has 0 spiro atoms. The van der Waals surface area contributed by atoms with Crippen LogP contribution in [-0.2, 0) is 0 Å². The summed E-state index contributed by atoms with van der Waals surface area (Å²) < 4.78 is 19.0. The van der Waals surface area contributed by atoms with Crippen LogP contribution in [0.2, 0.25) is 5.02 Å². The lowest BCUT2D eigenvalue weighted by Gasteiger charge is -2.19. The minimum atomic E-state index is -0.514.